The molecule has 0 radical (unpaired) electrons. The summed E-state index contributed by atoms with van der Waals surface area (Å²) < 4.78 is 0. The van der Waals surface area contributed by atoms with Gasteiger partial charge in [-0.25, -0.2) is 0 Å². The number of rotatable bonds is 4. The van der Waals surface area contributed by atoms with Gasteiger partial charge in [-0.15, -0.1) is 0 Å². The lowest BCUT2D eigenvalue weighted by atomic mass is 10.1. The third-order valence-corrected chi connectivity index (χ3v) is 2.00. The maximum atomic E-state index is 10.8. The minimum atomic E-state index is -0.594. The average molecular weight is 209 g/mol. The molecule has 68 valence electrons. The first kappa shape index (κ1) is 11.7. The number of halogens is 2. The number of carbonyl (C=O) groups is 2. The largest absolute Gasteiger partial charge is 0.276 e. The van der Waals surface area contributed by atoms with Crippen molar-refractivity contribution in [1.82, 2.24) is 0 Å². The molecular weight excluding hydrogens is 199 g/mol. The molecule has 0 atom stereocenters. The molecule has 12 heavy (non-hydrogen) atoms. The summed E-state index contributed by atoms with van der Waals surface area (Å²) in [6.07, 6.45) is 0.869. The van der Waals surface area contributed by atoms with Gasteiger partial charge in [0, 0.05) is 11.1 Å². The van der Waals surface area contributed by atoms with Gasteiger partial charge in [-0.2, -0.15) is 0 Å². The van der Waals surface area contributed by atoms with E-state index < -0.39 is 10.5 Å². The van der Waals surface area contributed by atoms with Gasteiger partial charge in [0.15, 0.2) is 0 Å². The molecule has 0 rings (SSSR count). The van der Waals surface area contributed by atoms with Crippen molar-refractivity contribution in [2.75, 3.05) is 0 Å². The monoisotopic (exact) mass is 208 g/mol. The van der Waals surface area contributed by atoms with Gasteiger partial charge >= 0.3 is 0 Å². The molecule has 0 aliphatic heterocycles. The summed E-state index contributed by atoms with van der Waals surface area (Å²) >= 11 is 10.5. The molecule has 0 heterocycles. The van der Waals surface area contributed by atoms with Crippen molar-refractivity contribution < 1.29 is 9.59 Å². The topological polar surface area (TPSA) is 34.1 Å². The average Bonchev–Trinajstić information content (AvgIpc) is 1.98. The molecule has 0 unspecified atom stereocenters. The van der Waals surface area contributed by atoms with Crippen LogP contribution in [0.15, 0.2) is 11.1 Å². The van der Waals surface area contributed by atoms with E-state index in [0.29, 0.717) is 24.0 Å². The van der Waals surface area contributed by atoms with Crippen molar-refractivity contribution >= 4 is 33.7 Å². The Morgan fingerprint density at radius 1 is 0.917 bits per heavy atom. The Hall–Kier alpha value is -0.340. The van der Waals surface area contributed by atoms with E-state index in [1.807, 2.05) is 0 Å². The highest BCUT2D eigenvalue weighted by Gasteiger charge is 2.14. The molecule has 4 heteroatoms. The molecule has 2 nitrogen and oxygen atoms in total. The standard InChI is InChI=1S/C8H10Cl2O2/c1-3-5(7(9)11)6(4-2)8(10)12/h3-4H2,1-2H3. The Labute approximate surface area is 81.5 Å². The second kappa shape index (κ2) is 5.33. The minimum Gasteiger partial charge on any atom is -0.276 e. The summed E-state index contributed by atoms with van der Waals surface area (Å²) in [6.45, 7) is 3.51. The molecule has 0 aromatic carbocycles. The second-order valence-electron chi connectivity index (χ2n) is 2.21. The summed E-state index contributed by atoms with van der Waals surface area (Å²) in [6, 6.07) is 0. The predicted octanol–water partition coefficient (Wildman–Crippen LogP) is 2.63. The second-order valence-corrected chi connectivity index (χ2v) is 2.90. The Morgan fingerprint density at radius 3 is 1.25 bits per heavy atom. The first-order chi connectivity index (χ1) is 5.54. The fourth-order valence-electron chi connectivity index (χ4n) is 0.942. The van der Waals surface area contributed by atoms with Crippen LogP contribution < -0.4 is 0 Å². The third kappa shape index (κ3) is 2.95. The van der Waals surface area contributed by atoms with Crippen LogP contribution in [0.4, 0.5) is 0 Å². The number of allylic oxidation sites excluding steroid dienone is 2. The molecule has 0 aliphatic rings. The van der Waals surface area contributed by atoms with Crippen molar-refractivity contribution in [2.24, 2.45) is 0 Å². The maximum Gasteiger partial charge on any atom is 0.248 e. The van der Waals surface area contributed by atoms with E-state index in [-0.39, 0.29) is 0 Å². The molecule has 0 saturated heterocycles. The summed E-state index contributed by atoms with van der Waals surface area (Å²) in [5, 5.41) is -1.19. The van der Waals surface area contributed by atoms with Crippen molar-refractivity contribution in [2.45, 2.75) is 26.7 Å². The molecular formula is C8H10Cl2O2. The van der Waals surface area contributed by atoms with E-state index in [9.17, 15) is 9.59 Å². The molecule has 0 aliphatic carbocycles. The molecule has 0 N–H and O–H groups in total. The molecule has 0 aromatic heterocycles. The fraction of sp³-hybridized carbons (Fsp3) is 0.500. The van der Waals surface area contributed by atoms with E-state index in [2.05, 4.69) is 0 Å². The van der Waals surface area contributed by atoms with Gasteiger partial charge in [0.25, 0.3) is 0 Å². The lowest BCUT2D eigenvalue weighted by molar-refractivity contribution is -0.111. The predicted molar refractivity (Wildman–Crippen MR) is 49.3 cm³/mol. The van der Waals surface area contributed by atoms with Gasteiger partial charge in [0.2, 0.25) is 10.5 Å². The van der Waals surface area contributed by atoms with Crippen LogP contribution in [-0.2, 0) is 9.59 Å². The van der Waals surface area contributed by atoms with Gasteiger partial charge in [-0.05, 0) is 36.0 Å². The number of hydrogen-bond acceptors (Lipinski definition) is 2. The Kier molecular flexibility index (Phi) is 5.18. The van der Waals surface area contributed by atoms with Crippen molar-refractivity contribution in [3.8, 4) is 0 Å². The van der Waals surface area contributed by atoms with Gasteiger partial charge in [0.05, 0.1) is 0 Å². The number of hydrogen-bond donors (Lipinski definition) is 0. The summed E-state index contributed by atoms with van der Waals surface area (Å²) in [7, 11) is 0. The van der Waals surface area contributed by atoms with E-state index in [4.69, 9.17) is 23.2 Å². The first-order valence-corrected chi connectivity index (χ1v) is 4.41. The van der Waals surface area contributed by atoms with Crippen LogP contribution in [-0.4, -0.2) is 10.5 Å². The summed E-state index contributed by atoms with van der Waals surface area (Å²) in [4.78, 5) is 21.6. The smallest absolute Gasteiger partial charge is 0.248 e. The van der Waals surface area contributed by atoms with Crippen LogP contribution in [0.25, 0.3) is 0 Å². The minimum absolute atomic E-state index is 0.319. The lowest BCUT2D eigenvalue weighted by Crippen LogP contribution is -2.03. The Bertz CT molecular complexity index is 207. The Balaban J connectivity index is 5.01. The van der Waals surface area contributed by atoms with Crippen LogP contribution >= 0.6 is 23.2 Å². The van der Waals surface area contributed by atoms with Crippen LogP contribution in [0.3, 0.4) is 0 Å². The quantitative estimate of drug-likeness (QED) is 0.526. The zero-order chi connectivity index (χ0) is 9.72. The third-order valence-electron chi connectivity index (χ3n) is 1.55. The highest BCUT2D eigenvalue weighted by molar-refractivity contribution is 6.71. The number of carbonyl (C=O) groups excluding carboxylic acids is 2. The van der Waals surface area contributed by atoms with Crippen LogP contribution in [0.1, 0.15) is 26.7 Å². The zero-order valence-corrected chi connectivity index (χ0v) is 8.50. The zero-order valence-electron chi connectivity index (χ0n) is 6.99. The van der Waals surface area contributed by atoms with Crippen molar-refractivity contribution in [3.05, 3.63) is 11.1 Å². The van der Waals surface area contributed by atoms with Crippen LogP contribution in [0, 0.1) is 0 Å². The summed E-state index contributed by atoms with van der Waals surface area (Å²) in [5.41, 5.74) is 0.637. The van der Waals surface area contributed by atoms with Gasteiger partial charge in [-0.1, -0.05) is 13.8 Å². The van der Waals surface area contributed by atoms with Crippen LogP contribution in [0.5, 0.6) is 0 Å². The SMILES string of the molecule is CCC(C(=O)Cl)=C(CC)C(=O)Cl. The highest BCUT2D eigenvalue weighted by Crippen LogP contribution is 2.17. The van der Waals surface area contributed by atoms with Gasteiger partial charge in [-0.3, -0.25) is 9.59 Å². The highest BCUT2D eigenvalue weighted by atomic mass is 35.5. The molecule has 0 bridgehead atoms. The molecule has 0 spiro atoms. The lowest BCUT2D eigenvalue weighted by Gasteiger charge is -2.03. The summed E-state index contributed by atoms with van der Waals surface area (Å²) in [5.74, 6) is 0. The van der Waals surface area contributed by atoms with E-state index in [1.165, 1.54) is 0 Å². The van der Waals surface area contributed by atoms with E-state index >= 15 is 0 Å². The van der Waals surface area contributed by atoms with E-state index in [0.717, 1.165) is 0 Å². The Morgan fingerprint density at radius 2 is 1.17 bits per heavy atom. The van der Waals surface area contributed by atoms with Crippen molar-refractivity contribution in [1.29, 1.82) is 0 Å². The van der Waals surface area contributed by atoms with Crippen molar-refractivity contribution in [3.63, 3.8) is 0 Å². The first-order valence-electron chi connectivity index (χ1n) is 3.66. The molecule has 0 aromatic rings. The van der Waals surface area contributed by atoms with Gasteiger partial charge < -0.3 is 0 Å². The maximum absolute atomic E-state index is 10.8. The molecule has 0 fully saturated rings. The van der Waals surface area contributed by atoms with Gasteiger partial charge in [0.1, 0.15) is 0 Å². The van der Waals surface area contributed by atoms with E-state index in [1.54, 1.807) is 13.8 Å². The normalized spacial score (nSPS) is 12.3. The van der Waals surface area contributed by atoms with Crippen LogP contribution in [0.2, 0.25) is 0 Å². The fourth-order valence-corrected chi connectivity index (χ4v) is 1.44. The molecule has 0 saturated carbocycles. The molecule has 0 amide bonds.